The SMILES string of the molecule is COc1ccc(C2=NN(C(=O)CSc3nnc(CNC(=O)c4ccc(OC)c(OC)c4)n3-c3ccccc3)[C@H](c3ccc(F)cc3)C2)cc1. The molecule has 0 saturated heterocycles. The number of nitrogens with one attached hydrogen (secondary N) is 1. The number of hydrazone groups is 1. The highest BCUT2D eigenvalue weighted by Gasteiger charge is 2.33. The summed E-state index contributed by atoms with van der Waals surface area (Å²) >= 11 is 1.21. The smallest absolute Gasteiger partial charge is 0.253 e. The number of carbonyl (C=O) groups is 2. The fourth-order valence-electron chi connectivity index (χ4n) is 5.42. The molecule has 1 aliphatic heterocycles. The molecular formula is C36H33FN6O5S. The first kappa shape index (κ1) is 33.2. The number of ether oxygens (including phenoxy) is 3. The summed E-state index contributed by atoms with van der Waals surface area (Å²) < 4.78 is 31.5. The molecule has 1 aliphatic rings. The third kappa shape index (κ3) is 7.41. The number of benzene rings is 4. The summed E-state index contributed by atoms with van der Waals surface area (Å²) in [6.45, 7) is 0.0673. The summed E-state index contributed by atoms with van der Waals surface area (Å²) in [7, 11) is 4.63. The molecule has 250 valence electrons. The third-order valence-electron chi connectivity index (χ3n) is 7.94. The second-order valence-corrected chi connectivity index (χ2v) is 11.8. The highest BCUT2D eigenvalue weighted by atomic mass is 32.2. The van der Waals surface area contributed by atoms with Crippen molar-refractivity contribution in [2.24, 2.45) is 5.10 Å². The number of hydrogen-bond acceptors (Lipinski definition) is 9. The van der Waals surface area contributed by atoms with Crippen molar-refractivity contribution in [3.63, 3.8) is 0 Å². The van der Waals surface area contributed by atoms with Gasteiger partial charge in [-0.2, -0.15) is 5.10 Å². The Hall–Kier alpha value is -5.69. The van der Waals surface area contributed by atoms with Crippen LogP contribution in [0.3, 0.4) is 0 Å². The van der Waals surface area contributed by atoms with Crippen LogP contribution in [0.4, 0.5) is 4.39 Å². The van der Waals surface area contributed by atoms with Crippen molar-refractivity contribution >= 4 is 29.3 Å². The summed E-state index contributed by atoms with van der Waals surface area (Å²) in [5, 5.41) is 18.3. The topological polar surface area (TPSA) is 120 Å². The summed E-state index contributed by atoms with van der Waals surface area (Å²) in [5.41, 5.74) is 3.52. The van der Waals surface area contributed by atoms with E-state index in [0.717, 1.165) is 22.5 Å². The molecule has 2 amide bonds. The molecule has 2 heterocycles. The lowest BCUT2D eigenvalue weighted by molar-refractivity contribution is -0.130. The molecule has 0 saturated carbocycles. The van der Waals surface area contributed by atoms with Gasteiger partial charge in [0.2, 0.25) is 0 Å². The lowest BCUT2D eigenvalue weighted by Gasteiger charge is -2.22. The van der Waals surface area contributed by atoms with Gasteiger partial charge in [-0.25, -0.2) is 9.40 Å². The summed E-state index contributed by atoms with van der Waals surface area (Å²) in [5.74, 6) is 1.19. The van der Waals surface area contributed by atoms with Gasteiger partial charge in [-0.3, -0.25) is 14.2 Å². The highest BCUT2D eigenvalue weighted by molar-refractivity contribution is 7.99. The van der Waals surface area contributed by atoms with Crippen LogP contribution in [0.15, 0.2) is 107 Å². The maximum absolute atomic E-state index is 13.8. The van der Waals surface area contributed by atoms with E-state index in [9.17, 15) is 14.0 Å². The normalized spacial score (nSPS) is 13.9. The van der Waals surface area contributed by atoms with Gasteiger partial charge >= 0.3 is 0 Å². The molecule has 1 atom stereocenters. The Morgan fingerprint density at radius 1 is 0.878 bits per heavy atom. The van der Waals surface area contributed by atoms with Crippen LogP contribution in [-0.4, -0.2) is 64.4 Å². The first-order chi connectivity index (χ1) is 23.9. The molecule has 0 unspecified atom stereocenters. The molecule has 49 heavy (non-hydrogen) atoms. The number of para-hydroxylation sites is 1. The monoisotopic (exact) mass is 680 g/mol. The Kier molecular flexibility index (Phi) is 10.2. The zero-order valence-corrected chi connectivity index (χ0v) is 27.8. The van der Waals surface area contributed by atoms with Crippen molar-refractivity contribution in [1.29, 1.82) is 0 Å². The van der Waals surface area contributed by atoms with E-state index in [-0.39, 0.29) is 29.9 Å². The second-order valence-electron chi connectivity index (χ2n) is 10.9. The lowest BCUT2D eigenvalue weighted by Crippen LogP contribution is -2.28. The average molecular weight is 681 g/mol. The molecule has 5 aromatic rings. The summed E-state index contributed by atoms with van der Waals surface area (Å²) in [6, 6.07) is 27.5. The molecule has 13 heteroatoms. The Labute approximate surface area is 286 Å². The third-order valence-corrected chi connectivity index (χ3v) is 8.85. The summed E-state index contributed by atoms with van der Waals surface area (Å²) in [6.07, 6.45) is 0.457. The van der Waals surface area contributed by atoms with Gasteiger partial charge in [0.25, 0.3) is 11.8 Å². The number of rotatable bonds is 12. The van der Waals surface area contributed by atoms with Gasteiger partial charge in [-0.05, 0) is 77.9 Å². The largest absolute Gasteiger partial charge is 0.497 e. The van der Waals surface area contributed by atoms with E-state index < -0.39 is 6.04 Å². The van der Waals surface area contributed by atoms with Crippen molar-refractivity contribution in [3.05, 3.63) is 125 Å². The van der Waals surface area contributed by atoms with E-state index in [1.165, 1.54) is 43.1 Å². The quantitative estimate of drug-likeness (QED) is 0.164. The van der Waals surface area contributed by atoms with Gasteiger partial charge in [0.1, 0.15) is 11.6 Å². The van der Waals surface area contributed by atoms with Gasteiger partial charge in [-0.1, -0.05) is 42.1 Å². The van der Waals surface area contributed by atoms with Gasteiger partial charge < -0.3 is 19.5 Å². The molecule has 1 N–H and O–H groups in total. The Balaban J connectivity index is 1.22. The average Bonchev–Trinajstić information content (AvgIpc) is 3.78. The van der Waals surface area contributed by atoms with Crippen molar-refractivity contribution < 1.29 is 28.2 Å². The van der Waals surface area contributed by atoms with Crippen LogP contribution in [0.2, 0.25) is 0 Å². The van der Waals surface area contributed by atoms with Gasteiger partial charge in [0, 0.05) is 17.7 Å². The van der Waals surface area contributed by atoms with Crippen LogP contribution in [0.5, 0.6) is 17.2 Å². The van der Waals surface area contributed by atoms with Crippen molar-refractivity contribution in [2.45, 2.75) is 24.2 Å². The molecule has 1 aromatic heterocycles. The predicted octanol–water partition coefficient (Wildman–Crippen LogP) is 5.83. The number of halogens is 1. The second kappa shape index (κ2) is 15.0. The minimum Gasteiger partial charge on any atom is -0.497 e. The van der Waals surface area contributed by atoms with Crippen LogP contribution < -0.4 is 19.5 Å². The van der Waals surface area contributed by atoms with E-state index in [0.29, 0.717) is 40.2 Å². The molecule has 11 nitrogen and oxygen atoms in total. The lowest BCUT2D eigenvalue weighted by atomic mass is 9.98. The minimum atomic E-state index is -0.417. The Morgan fingerprint density at radius 2 is 1.61 bits per heavy atom. The van der Waals surface area contributed by atoms with Crippen LogP contribution in [-0.2, 0) is 11.3 Å². The van der Waals surface area contributed by atoms with E-state index in [2.05, 4.69) is 15.5 Å². The van der Waals surface area contributed by atoms with Crippen LogP contribution >= 0.6 is 11.8 Å². The van der Waals surface area contributed by atoms with Gasteiger partial charge in [-0.15, -0.1) is 10.2 Å². The number of amides is 2. The molecule has 0 bridgehead atoms. The van der Waals surface area contributed by atoms with Crippen molar-refractivity contribution in [3.8, 4) is 22.9 Å². The Morgan fingerprint density at radius 3 is 2.31 bits per heavy atom. The van der Waals surface area contributed by atoms with Crippen LogP contribution in [0, 0.1) is 5.82 Å². The number of nitrogens with zero attached hydrogens (tertiary/aromatic N) is 5. The van der Waals surface area contributed by atoms with E-state index in [1.54, 1.807) is 42.0 Å². The standard InChI is InChI=1S/C36H33FN6O5S/c1-46-28-16-11-23(12-17-28)29-20-30(24-9-14-26(37)15-10-24)43(41-29)34(44)22-49-36-40-39-33(42(36)27-7-5-4-6-8-27)21-38-35(45)25-13-18-31(47-2)32(19-25)48-3/h4-19,30H,20-22H2,1-3H3,(H,38,45)/t30-/m0/s1. The number of thioether (sulfide) groups is 1. The van der Waals surface area contributed by atoms with E-state index in [4.69, 9.17) is 19.3 Å². The maximum atomic E-state index is 13.8. The van der Waals surface area contributed by atoms with E-state index >= 15 is 0 Å². The molecule has 6 rings (SSSR count). The fraction of sp³-hybridized carbons (Fsp3) is 0.194. The van der Waals surface area contributed by atoms with Crippen LogP contribution in [0.1, 0.15) is 39.8 Å². The zero-order valence-electron chi connectivity index (χ0n) is 27.0. The molecule has 0 fully saturated rings. The molecular weight excluding hydrogens is 647 g/mol. The molecule has 0 spiro atoms. The summed E-state index contributed by atoms with van der Waals surface area (Å²) in [4.78, 5) is 26.9. The van der Waals surface area contributed by atoms with E-state index in [1.807, 2.05) is 54.6 Å². The van der Waals surface area contributed by atoms with Gasteiger partial charge in [0.15, 0.2) is 22.5 Å². The van der Waals surface area contributed by atoms with Gasteiger partial charge in [0.05, 0.1) is 45.4 Å². The number of methoxy groups -OCH3 is 3. The first-order valence-electron chi connectivity index (χ1n) is 15.3. The number of hydrogen-bond donors (Lipinski definition) is 1. The van der Waals surface area contributed by atoms with Crippen molar-refractivity contribution in [2.75, 3.05) is 27.1 Å². The predicted molar refractivity (Wildman–Crippen MR) is 183 cm³/mol. The first-order valence-corrected chi connectivity index (χ1v) is 16.3. The van der Waals surface area contributed by atoms with Crippen molar-refractivity contribution in [1.82, 2.24) is 25.1 Å². The van der Waals surface area contributed by atoms with Crippen LogP contribution in [0.25, 0.3) is 5.69 Å². The molecule has 0 aliphatic carbocycles. The Bertz CT molecular complexity index is 1970. The highest BCUT2D eigenvalue weighted by Crippen LogP contribution is 2.34. The fourth-order valence-corrected chi connectivity index (χ4v) is 6.24. The molecule has 0 radical (unpaired) electrons. The minimum absolute atomic E-state index is 0.0000557. The molecule has 4 aromatic carbocycles. The maximum Gasteiger partial charge on any atom is 0.253 e. The number of aromatic nitrogens is 3. The number of carbonyl (C=O) groups excluding carboxylic acids is 2. The zero-order chi connectivity index (χ0) is 34.3.